The van der Waals surface area contributed by atoms with Crippen molar-refractivity contribution in [1.82, 2.24) is 0 Å². The number of rotatable bonds is 7. The zero-order valence-electron chi connectivity index (χ0n) is 19.8. The van der Waals surface area contributed by atoms with Crippen LogP contribution in [0, 0.1) is 69.1 Å². The van der Waals surface area contributed by atoms with Gasteiger partial charge < -0.3 is 19.7 Å². The van der Waals surface area contributed by atoms with Crippen molar-refractivity contribution in [3.63, 3.8) is 0 Å². The molecule has 0 amide bonds. The van der Waals surface area contributed by atoms with Crippen molar-refractivity contribution in [3.8, 4) is 11.5 Å². The van der Waals surface area contributed by atoms with E-state index in [9.17, 15) is 10.2 Å². The summed E-state index contributed by atoms with van der Waals surface area (Å²) in [4.78, 5) is 0. The van der Waals surface area contributed by atoms with Crippen LogP contribution < -0.4 is 9.47 Å². The van der Waals surface area contributed by atoms with E-state index in [2.05, 4.69) is 12.1 Å². The van der Waals surface area contributed by atoms with Gasteiger partial charge in [0.1, 0.15) is 11.5 Å². The smallest absolute Gasteiger partial charge is 0.497 e. The molecular formula is C30H30FeO4+2. The van der Waals surface area contributed by atoms with E-state index < -0.39 is 17.6 Å². The summed E-state index contributed by atoms with van der Waals surface area (Å²) in [6, 6.07) is 16.0. The molecule has 5 heteroatoms. The van der Waals surface area contributed by atoms with Gasteiger partial charge in [-0.05, 0) is 105 Å². The third-order valence-electron chi connectivity index (χ3n) is 7.44. The Kier molecular flexibility index (Phi) is 8.53. The molecule has 3 fully saturated rings. The minimum atomic E-state index is -1.22. The van der Waals surface area contributed by atoms with Crippen LogP contribution in [0.15, 0.2) is 48.5 Å². The normalized spacial score (nSPS) is 30.2. The molecule has 4 nitrogen and oxygen atoms in total. The first-order valence-electron chi connectivity index (χ1n) is 11.7. The Bertz CT molecular complexity index is 968. The summed E-state index contributed by atoms with van der Waals surface area (Å²) >= 11 is 0. The molecule has 10 radical (unpaired) electrons. The van der Waals surface area contributed by atoms with Crippen LogP contribution in [0.2, 0.25) is 0 Å². The fraction of sp³-hybridized carbons (Fsp3) is 0.267. The fourth-order valence-electron chi connectivity index (χ4n) is 5.86. The van der Waals surface area contributed by atoms with E-state index in [1.54, 1.807) is 14.2 Å². The Labute approximate surface area is 220 Å². The second-order valence-corrected chi connectivity index (χ2v) is 9.18. The van der Waals surface area contributed by atoms with Crippen LogP contribution in [0.25, 0.3) is 0 Å². The maximum atomic E-state index is 12.4. The summed E-state index contributed by atoms with van der Waals surface area (Å²) in [6.07, 6.45) is 15.1. The Morgan fingerprint density at radius 2 is 1.37 bits per heavy atom. The van der Waals surface area contributed by atoms with E-state index in [1.165, 1.54) is 0 Å². The number of aliphatic hydroxyl groups excluding tert-OH is 1. The second kappa shape index (κ2) is 11.3. The molecule has 0 unspecified atom stereocenters. The molecule has 0 aromatic heterocycles. The summed E-state index contributed by atoms with van der Waals surface area (Å²) < 4.78 is 11.1. The Balaban J connectivity index is 0.00000289. The van der Waals surface area contributed by atoms with E-state index >= 15 is 0 Å². The topological polar surface area (TPSA) is 58.9 Å². The second-order valence-electron chi connectivity index (χ2n) is 9.18. The first-order chi connectivity index (χ1) is 16.5. The van der Waals surface area contributed by atoms with Crippen molar-refractivity contribution in [2.24, 2.45) is 5.92 Å². The minimum absolute atomic E-state index is 0. The molecule has 3 aliphatic carbocycles. The third kappa shape index (κ3) is 5.03. The van der Waals surface area contributed by atoms with Crippen molar-refractivity contribution >= 4 is 0 Å². The van der Waals surface area contributed by atoms with E-state index in [0.717, 1.165) is 34.5 Å². The van der Waals surface area contributed by atoms with Crippen molar-refractivity contribution < 1.29 is 36.8 Å². The molecule has 2 aromatic rings. The minimum Gasteiger partial charge on any atom is -0.497 e. The van der Waals surface area contributed by atoms with Crippen molar-refractivity contribution in [2.75, 3.05) is 14.2 Å². The van der Waals surface area contributed by atoms with Crippen LogP contribution in [0.1, 0.15) is 29.4 Å². The van der Waals surface area contributed by atoms with E-state index in [1.807, 2.05) is 87.8 Å². The van der Waals surface area contributed by atoms with E-state index in [-0.39, 0.29) is 28.9 Å². The molecule has 0 aliphatic heterocycles. The summed E-state index contributed by atoms with van der Waals surface area (Å²) in [5, 5.41) is 24.1. The van der Waals surface area contributed by atoms with Crippen molar-refractivity contribution in [2.45, 2.75) is 30.0 Å². The number of benzene rings is 2. The molecule has 0 spiro atoms. The average molecular weight is 510 g/mol. The monoisotopic (exact) mass is 510 g/mol. The van der Waals surface area contributed by atoms with Gasteiger partial charge in [-0.2, -0.15) is 0 Å². The number of methoxy groups -OCH3 is 2. The predicted octanol–water partition coefficient (Wildman–Crippen LogP) is 4.49. The van der Waals surface area contributed by atoms with E-state index in [4.69, 9.17) is 9.47 Å². The summed E-state index contributed by atoms with van der Waals surface area (Å²) in [7, 11) is 3.32. The standard InChI is InChI=1S/C30H30O4.Fe/c1-33-24-15-7-11-21(17-24)26-19-30(32,23-13-5-6-14-23)28(29(31)20-9-3-4-10-20)27(26)22-12-8-16-25(18-22)34-2;/h3-18,26-29,31-32H,19H2,1-2H3;/q;+2/t26-,27+,28+,29+,30-;/m1./s1. The van der Waals surface area contributed by atoms with Crippen LogP contribution in [-0.2, 0) is 17.1 Å². The van der Waals surface area contributed by atoms with E-state index in [0.29, 0.717) is 6.42 Å². The first kappa shape index (κ1) is 26.5. The quantitative estimate of drug-likeness (QED) is 0.539. The average Bonchev–Trinajstić information content (AvgIpc) is 3.64. The molecular weight excluding hydrogens is 480 g/mol. The van der Waals surface area contributed by atoms with Gasteiger partial charge in [0.25, 0.3) is 0 Å². The van der Waals surface area contributed by atoms with Crippen LogP contribution in [-0.4, -0.2) is 36.1 Å². The number of ether oxygens (including phenoxy) is 2. The summed E-state index contributed by atoms with van der Waals surface area (Å²) in [5.74, 6) is 2.51. The molecule has 35 heavy (non-hydrogen) atoms. The van der Waals surface area contributed by atoms with Gasteiger partial charge in [-0.15, -0.1) is 0 Å². The molecule has 0 saturated heterocycles. The maximum Gasteiger partial charge on any atom is 2.00 e. The largest absolute Gasteiger partial charge is 2.00 e. The summed E-state index contributed by atoms with van der Waals surface area (Å²) in [5.41, 5.74) is 0.890. The zero-order chi connectivity index (χ0) is 23.7. The van der Waals surface area contributed by atoms with Gasteiger partial charge in [-0.3, -0.25) is 0 Å². The Morgan fingerprint density at radius 3 is 1.97 bits per heavy atom. The third-order valence-corrected chi connectivity index (χ3v) is 7.44. The maximum absolute atomic E-state index is 12.4. The van der Waals surface area contributed by atoms with Gasteiger partial charge in [0, 0.05) is 17.8 Å². The fourth-order valence-corrected chi connectivity index (χ4v) is 5.86. The van der Waals surface area contributed by atoms with Crippen LogP contribution >= 0.6 is 0 Å². The van der Waals surface area contributed by atoms with Gasteiger partial charge in [0.2, 0.25) is 0 Å². The molecule has 3 saturated carbocycles. The van der Waals surface area contributed by atoms with Crippen LogP contribution in [0.3, 0.4) is 0 Å². The van der Waals surface area contributed by atoms with Gasteiger partial charge in [-0.1, -0.05) is 24.3 Å². The predicted molar refractivity (Wildman–Crippen MR) is 131 cm³/mol. The summed E-state index contributed by atoms with van der Waals surface area (Å²) in [6.45, 7) is 0. The number of hydrogen-bond donors (Lipinski definition) is 2. The molecule has 3 aliphatic rings. The van der Waals surface area contributed by atoms with Gasteiger partial charge in [-0.25, -0.2) is 0 Å². The van der Waals surface area contributed by atoms with Crippen LogP contribution in [0.5, 0.6) is 11.5 Å². The molecule has 5 rings (SSSR count). The molecule has 5 atom stereocenters. The first-order valence-corrected chi connectivity index (χ1v) is 11.7. The molecule has 0 heterocycles. The molecule has 2 aromatic carbocycles. The Morgan fingerprint density at radius 1 is 0.829 bits per heavy atom. The van der Waals surface area contributed by atoms with Gasteiger partial charge in [0.05, 0.1) is 25.9 Å². The van der Waals surface area contributed by atoms with Crippen molar-refractivity contribution in [1.29, 1.82) is 0 Å². The molecule has 2 N–H and O–H groups in total. The number of hydrogen-bond acceptors (Lipinski definition) is 4. The SMILES string of the molecule is COc1cccc([C@@H]2[C@@H]([C@@H](O)[C]3[CH][CH][CH][CH]3)[C@](O)([C]3[CH][CH][CH][CH]3)C[C@@H]2c2cccc(OC)c2)c1.[Fe+2]. The van der Waals surface area contributed by atoms with Crippen molar-refractivity contribution in [3.05, 3.63) is 123 Å². The van der Waals surface area contributed by atoms with Crippen LogP contribution in [0.4, 0.5) is 0 Å². The molecule has 180 valence electrons. The Hall–Kier alpha value is -1.52. The molecule has 0 bridgehead atoms. The van der Waals surface area contributed by atoms with Gasteiger partial charge in [0.15, 0.2) is 0 Å². The zero-order valence-corrected chi connectivity index (χ0v) is 20.9. The number of aliphatic hydroxyl groups is 2. The van der Waals surface area contributed by atoms with Gasteiger partial charge >= 0.3 is 17.1 Å².